The van der Waals surface area contributed by atoms with Crippen molar-refractivity contribution >= 4 is 61.5 Å². The minimum atomic E-state index is -3.79. The van der Waals surface area contributed by atoms with E-state index in [9.17, 15) is 13.2 Å². The van der Waals surface area contributed by atoms with Gasteiger partial charge >= 0.3 is 0 Å². The van der Waals surface area contributed by atoms with Gasteiger partial charge in [0.05, 0.1) is 4.90 Å². The number of rotatable bonds is 7. The third-order valence-electron chi connectivity index (χ3n) is 4.15. The number of sulfonamides is 1. The van der Waals surface area contributed by atoms with Gasteiger partial charge < -0.3 is 5.32 Å². The highest BCUT2D eigenvalue weighted by Crippen LogP contribution is 2.21. The number of carbonyl (C=O) groups excluding carboxylic acids is 1. The lowest BCUT2D eigenvalue weighted by atomic mass is 10.1. The van der Waals surface area contributed by atoms with Gasteiger partial charge in [-0.05, 0) is 61.5 Å². The lowest BCUT2D eigenvalue weighted by Crippen LogP contribution is -2.32. The van der Waals surface area contributed by atoms with E-state index in [1.54, 1.807) is 18.2 Å². The highest BCUT2D eigenvalue weighted by atomic mass is 32.2. The van der Waals surface area contributed by atoms with Crippen LogP contribution in [0, 0.1) is 6.92 Å². The van der Waals surface area contributed by atoms with E-state index in [0.717, 1.165) is 16.1 Å². The molecule has 1 aromatic heterocycles. The quantitative estimate of drug-likeness (QED) is 0.344. The molecule has 0 aliphatic rings. The van der Waals surface area contributed by atoms with Crippen molar-refractivity contribution in [2.45, 2.75) is 25.2 Å². The Bertz CT molecular complexity index is 1230. The monoisotopic (exact) mass is 487 g/mol. The third-order valence-corrected chi connectivity index (χ3v) is 6.83. The fourth-order valence-electron chi connectivity index (χ4n) is 2.49. The lowest BCUT2D eigenvalue weighted by molar-refractivity contribution is -0.115. The van der Waals surface area contributed by atoms with Crippen molar-refractivity contribution in [3.8, 4) is 0 Å². The van der Waals surface area contributed by atoms with Crippen LogP contribution < -0.4 is 15.4 Å². The molecule has 3 rings (SSSR count). The van der Waals surface area contributed by atoms with Crippen molar-refractivity contribution < 1.29 is 13.2 Å². The summed E-state index contributed by atoms with van der Waals surface area (Å²) in [6.07, 6.45) is 3.75. The number of amides is 1. The fourth-order valence-corrected chi connectivity index (χ4v) is 4.62. The number of anilines is 2. The molecular formula is C21H21N5O3S3. The Morgan fingerprint density at radius 3 is 2.41 bits per heavy atom. The molecule has 0 unspecified atom stereocenters. The van der Waals surface area contributed by atoms with Crippen LogP contribution in [0.3, 0.4) is 0 Å². The number of thiocarbonyl (C=S) groups is 1. The molecular weight excluding hydrogens is 466 g/mol. The third kappa shape index (κ3) is 6.67. The number of nitrogens with zero attached hydrogens (tertiary/aromatic N) is 2. The Hall–Kier alpha value is -3.15. The lowest BCUT2D eigenvalue weighted by Gasteiger charge is -2.09. The Morgan fingerprint density at radius 2 is 1.78 bits per heavy atom. The zero-order valence-electron chi connectivity index (χ0n) is 17.3. The standard InChI is InChI=1S/C21H21N5O3S3/c1-3-19-24-25-21(31-19)26-32(28,29)17-11-9-16(10-12-17)22-20(30)23-18(27)13-8-15-6-4-14(2)5-7-15/h4-13H,3H2,1-2H3,(H,25,26)(H2,22,23,27,30). The van der Waals surface area contributed by atoms with Crippen LogP contribution in [0.4, 0.5) is 10.8 Å². The van der Waals surface area contributed by atoms with Gasteiger partial charge in [0.25, 0.3) is 10.0 Å². The van der Waals surface area contributed by atoms with Gasteiger partial charge in [-0.1, -0.05) is 48.1 Å². The maximum atomic E-state index is 12.5. The van der Waals surface area contributed by atoms with Crippen LogP contribution in [-0.4, -0.2) is 29.6 Å². The number of benzene rings is 2. The average molecular weight is 488 g/mol. The molecule has 0 atom stereocenters. The van der Waals surface area contributed by atoms with Crippen LogP contribution in [0.15, 0.2) is 59.5 Å². The summed E-state index contributed by atoms with van der Waals surface area (Å²) in [6, 6.07) is 13.7. The Balaban J connectivity index is 1.55. The van der Waals surface area contributed by atoms with Gasteiger partial charge in [-0.25, -0.2) is 8.42 Å². The maximum absolute atomic E-state index is 12.5. The smallest absolute Gasteiger partial charge is 0.263 e. The van der Waals surface area contributed by atoms with E-state index in [0.29, 0.717) is 12.1 Å². The van der Waals surface area contributed by atoms with Crippen LogP contribution >= 0.6 is 23.6 Å². The first kappa shape index (κ1) is 23.5. The minimum absolute atomic E-state index is 0.0623. The van der Waals surface area contributed by atoms with Gasteiger partial charge in [-0.2, -0.15) is 0 Å². The van der Waals surface area contributed by atoms with E-state index in [-0.39, 0.29) is 21.0 Å². The summed E-state index contributed by atoms with van der Waals surface area (Å²) in [7, 11) is -3.79. The molecule has 0 radical (unpaired) electrons. The molecule has 166 valence electrons. The van der Waals surface area contributed by atoms with Crippen molar-refractivity contribution in [1.82, 2.24) is 15.5 Å². The predicted octanol–water partition coefficient (Wildman–Crippen LogP) is 3.74. The van der Waals surface area contributed by atoms with Crippen molar-refractivity contribution in [2.24, 2.45) is 0 Å². The molecule has 1 amide bonds. The summed E-state index contributed by atoms with van der Waals surface area (Å²) in [4.78, 5) is 12.1. The number of hydrogen-bond donors (Lipinski definition) is 3. The fraction of sp³-hybridized carbons (Fsp3) is 0.143. The highest BCUT2D eigenvalue weighted by Gasteiger charge is 2.16. The van der Waals surface area contributed by atoms with E-state index < -0.39 is 10.0 Å². The average Bonchev–Trinajstić information content (AvgIpc) is 3.20. The van der Waals surface area contributed by atoms with E-state index in [1.165, 1.54) is 29.5 Å². The second-order valence-corrected chi connectivity index (χ2v) is 9.82. The first-order valence-electron chi connectivity index (χ1n) is 9.57. The Labute approximate surface area is 195 Å². The number of nitrogens with one attached hydrogen (secondary N) is 3. The van der Waals surface area contributed by atoms with E-state index >= 15 is 0 Å². The van der Waals surface area contributed by atoms with Gasteiger partial charge in [0.2, 0.25) is 11.0 Å². The molecule has 0 fully saturated rings. The molecule has 11 heteroatoms. The first-order chi connectivity index (χ1) is 15.2. The molecule has 2 aromatic carbocycles. The van der Waals surface area contributed by atoms with Crippen LogP contribution in [0.5, 0.6) is 0 Å². The summed E-state index contributed by atoms with van der Waals surface area (Å²) in [5.41, 5.74) is 2.56. The zero-order valence-corrected chi connectivity index (χ0v) is 19.8. The van der Waals surface area contributed by atoms with Crippen LogP contribution in [0.25, 0.3) is 6.08 Å². The molecule has 0 spiro atoms. The minimum Gasteiger partial charge on any atom is -0.332 e. The highest BCUT2D eigenvalue weighted by molar-refractivity contribution is 7.93. The maximum Gasteiger partial charge on any atom is 0.263 e. The largest absolute Gasteiger partial charge is 0.332 e. The van der Waals surface area contributed by atoms with Gasteiger partial charge in [0, 0.05) is 11.8 Å². The number of carbonyl (C=O) groups is 1. The summed E-state index contributed by atoms with van der Waals surface area (Å²) in [5.74, 6) is -0.380. The zero-order chi connectivity index (χ0) is 23.1. The van der Waals surface area contributed by atoms with Crippen LogP contribution in [-0.2, 0) is 21.2 Å². The van der Waals surface area contributed by atoms with E-state index in [2.05, 4.69) is 25.6 Å². The molecule has 0 saturated heterocycles. The van der Waals surface area contributed by atoms with E-state index in [4.69, 9.17) is 12.2 Å². The normalized spacial score (nSPS) is 11.3. The summed E-state index contributed by atoms with van der Waals surface area (Å²) >= 11 is 6.33. The molecule has 0 aliphatic heterocycles. The van der Waals surface area contributed by atoms with Crippen molar-refractivity contribution in [1.29, 1.82) is 0 Å². The van der Waals surface area contributed by atoms with Crippen molar-refractivity contribution in [3.63, 3.8) is 0 Å². The van der Waals surface area contributed by atoms with Gasteiger partial charge in [-0.3, -0.25) is 14.8 Å². The second-order valence-electron chi connectivity index (χ2n) is 6.67. The number of aromatic nitrogens is 2. The van der Waals surface area contributed by atoms with Gasteiger partial charge in [0.15, 0.2) is 5.11 Å². The van der Waals surface area contributed by atoms with Crippen LogP contribution in [0.2, 0.25) is 0 Å². The molecule has 32 heavy (non-hydrogen) atoms. The summed E-state index contributed by atoms with van der Waals surface area (Å²) in [6.45, 7) is 3.90. The molecule has 1 heterocycles. The molecule has 8 nitrogen and oxygen atoms in total. The first-order valence-corrected chi connectivity index (χ1v) is 12.3. The topological polar surface area (TPSA) is 113 Å². The van der Waals surface area contributed by atoms with Crippen molar-refractivity contribution in [3.05, 3.63) is 70.7 Å². The Kier molecular flexibility index (Phi) is 7.67. The molecule has 3 aromatic rings. The van der Waals surface area contributed by atoms with Crippen LogP contribution in [0.1, 0.15) is 23.1 Å². The van der Waals surface area contributed by atoms with Gasteiger partial charge in [-0.15, -0.1) is 10.2 Å². The van der Waals surface area contributed by atoms with E-state index in [1.807, 2.05) is 38.1 Å². The molecule has 0 bridgehead atoms. The van der Waals surface area contributed by atoms with Crippen molar-refractivity contribution in [2.75, 3.05) is 10.0 Å². The number of hydrogen-bond acceptors (Lipinski definition) is 7. The SMILES string of the molecule is CCc1nnc(NS(=O)(=O)c2ccc(NC(=S)NC(=O)C=Cc3ccc(C)cc3)cc2)s1. The second kappa shape index (κ2) is 10.4. The molecule has 0 aliphatic carbocycles. The summed E-state index contributed by atoms with van der Waals surface area (Å²) < 4.78 is 27.4. The molecule has 0 saturated carbocycles. The number of aryl methyl sites for hydroxylation is 2. The predicted molar refractivity (Wildman–Crippen MR) is 131 cm³/mol. The summed E-state index contributed by atoms with van der Waals surface area (Å²) in [5, 5.41) is 14.2. The molecule has 3 N–H and O–H groups in total. The Morgan fingerprint density at radius 1 is 1.09 bits per heavy atom. The van der Waals surface area contributed by atoms with Gasteiger partial charge in [0.1, 0.15) is 5.01 Å².